The van der Waals surface area contributed by atoms with Crippen molar-refractivity contribution in [2.45, 2.75) is 23.8 Å². The minimum absolute atomic E-state index is 0. The van der Waals surface area contributed by atoms with Crippen molar-refractivity contribution in [1.82, 2.24) is 29.1 Å². The number of hydrogen-bond acceptors (Lipinski definition) is 6. The summed E-state index contributed by atoms with van der Waals surface area (Å²) in [4.78, 5) is 28.5. The van der Waals surface area contributed by atoms with Gasteiger partial charge in [0, 0.05) is 25.2 Å². The van der Waals surface area contributed by atoms with Gasteiger partial charge in [0.25, 0.3) is 5.56 Å². The van der Waals surface area contributed by atoms with Gasteiger partial charge in [-0.25, -0.2) is 14.5 Å². The molecule has 1 aromatic carbocycles. The molecule has 0 spiro atoms. The molecular formula is C23H24ClN7O2S3. The molecule has 0 amide bonds. The molecule has 1 unspecified atom stereocenters. The van der Waals surface area contributed by atoms with E-state index in [9.17, 15) is 9.00 Å². The highest BCUT2D eigenvalue weighted by Gasteiger charge is 2.34. The van der Waals surface area contributed by atoms with Crippen LogP contribution in [0.15, 0.2) is 64.8 Å². The zero-order valence-corrected chi connectivity index (χ0v) is 22.8. The van der Waals surface area contributed by atoms with E-state index in [-0.39, 0.29) is 38.6 Å². The van der Waals surface area contributed by atoms with E-state index >= 15 is 0 Å². The number of rotatable bonds is 4. The molecule has 4 aromatic heterocycles. The Morgan fingerprint density at radius 3 is 2.67 bits per heavy atom. The number of halogens is 1. The maximum Gasteiger partial charge on any atom is 0.284 e. The third-order valence-corrected chi connectivity index (χ3v) is 7.47. The van der Waals surface area contributed by atoms with Crippen molar-refractivity contribution in [3.63, 3.8) is 0 Å². The van der Waals surface area contributed by atoms with E-state index in [2.05, 4.69) is 19.9 Å². The van der Waals surface area contributed by atoms with Gasteiger partial charge in [-0.1, -0.05) is 29.8 Å². The summed E-state index contributed by atoms with van der Waals surface area (Å²) in [5, 5.41) is 5.95. The number of hydrogen-bond donors (Lipinski definition) is 1. The summed E-state index contributed by atoms with van der Waals surface area (Å²) in [5.74, 6) is 1.27. The lowest BCUT2D eigenvalue weighted by molar-refractivity contribution is 0.602. The molecule has 9 nitrogen and oxygen atoms in total. The average molecular weight is 562 g/mol. The molecule has 1 aliphatic rings. The fraction of sp³-hybridized carbons (Fsp3) is 0.217. The Kier molecular flexibility index (Phi) is 7.51. The molecule has 0 saturated carbocycles. The Balaban J connectivity index is 0.00000152. The minimum Gasteiger partial charge on any atom is -0.346 e. The second-order valence-corrected chi connectivity index (χ2v) is 9.93. The lowest BCUT2D eigenvalue weighted by Gasteiger charge is -2.27. The fourth-order valence-corrected chi connectivity index (χ4v) is 5.67. The van der Waals surface area contributed by atoms with Gasteiger partial charge >= 0.3 is 0 Å². The van der Waals surface area contributed by atoms with E-state index in [1.807, 2.05) is 30.3 Å². The molecule has 0 radical (unpaired) electrons. The van der Waals surface area contributed by atoms with Gasteiger partial charge in [0.05, 0.1) is 37.8 Å². The van der Waals surface area contributed by atoms with Crippen molar-refractivity contribution in [1.29, 1.82) is 0 Å². The van der Waals surface area contributed by atoms with Crippen molar-refractivity contribution in [3.05, 3.63) is 76.3 Å². The van der Waals surface area contributed by atoms with Crippen LogP contribution in [0.4, 0.5) is 5.82 Å². The zero-order chi connectivity index (χ0) is 23.4. The van der Waals surface area contributed by atoms with Gasteiger partial charge < -0.3 is 9.88 Å². The van der Waals surface area contributed by atoms with Crippen molar-refractivity contribution in [2.75, 3.05) is 17.7 Å². The Morgan fingerprint density at radius 1 is 1.14 bits per heavy atom. The van der Waals surface area contributed by atoms with Crippen molar-refractivity contribution < 1.29 is 4.21 Å². The maximum absolute atomic E-state index is 13.7. The summed E-state index contributed by atoms with van der Waals surface area (Å²) >= 11 is 6.34. The summed E-state index contributed by atoms with van der Waals surface area (Å²) in [6.45, 7) is 0.715. The first-order chi connectivity index (χ1) is 16.5. The first-order valence-corrected chi connectivity index (χ1v) is 12.8. The van der Waals surface area contributed by atoms with Crippen molar-refractivity contribution >= 4 is 71.8 Å². The molecule has 13 heteroatoms. The molecule has 36 heavy (non-hydrogen) atoms. The molecule has 5 aromatic rings. The Bertz CT molecular complexity index is 1630. The van der Waals surface area contributed by atoms with Gasteiger partial charge in [0.1, 0.15) is 23.3 Å². The summed E-state index contributed by atoms with van der Waals surface area (Å²) in [6.07, 6.45) is 8.22. The summed E-state index contributed by atoms with van der Waals surface area (Å²) in [6, 6.07) is 10.9. The van der Waals surface area contributed by atoms with Crippen LogP contribution in [0.3, 0.4) is 0 Å². The molecule has 1 fully saturated rings. The molecule has 1 saturated heterocycles. The normalized spacial score (nSPS) is 16.2. The molecule has 6 rings (SSSR count). The van der Waals surface area contributed by atoms with Gasteiger partial charge in [-0.15, -0.1) is 0 Å². The lowest BCUT2D eigenvalue weighted by Crippen LogP contribution is -2.33. The molecule has 1 N–H and O–H groups in total. The van der Waals surface area contributed by atoms with E-state index in [0.717, 1.165) is 18.2 Å². The molecule has 2 atom stereocenters. The molecule has 5 heterocycles. The second kappa shape index (κ2) is 10.3. The van der Waals surface area contributed by atoms with Crippen molar-refractivity contribution in [3.8, 4) is 5.69 Å². The predicted octanol–water partition coefficient (Wildman–Crippen LogP) is 3.71. The summed E-state index contributed by atoms with van der Waals surface area (Å²) in [5.41, 5.74) is 1.44. The smallest absolute Gasteiger partial charge is 0.284 e. The Hall–Kier alpha value is -2.80. The minimum atomic E-state index is -1.22. The van der Waals surface area contributed by atoms with E-state index in [4.69, 9.17) is 16.7 Å². The first kappa shape index (κ1) is 26.3. The highest BCUT2D eigenvalue weighted by Crippen LogP contribution is 2.39. The van der Waals surface area contributed by atoms with Crippen LogP contribution in [0, 0.1) is 0 Å². The standard InChI is InChI=1S/C23H20ClN7O2S.2H2S/c1-34(33)17-12-25-20-18(17)22(27-13-26-20)29-10-5-8-16(29)21-28-30-11-9-15(24)19(30)23(32)31(21)14-6-3-2-4-7-14;;/h2-4,6-7,9,11-13,16H,5,8,10H2,1H3,(H,25,26,27);2*1H2/t16-,34?;;/m0../s1. The van der Waals surface area contributed by atoms with E-state index in [0.29, 0.717) is 45.0 Å². The number of aromatic nitrogens is 6. The van der Waals surface area contributed by atoms with Crippen LogP contribution < -0.4 is 10.5 Å². The van der Waals surface area contributed by atoms with E-state index < -0.39 is 10.8 Å². The fourth-order valence-electron chi connectivity index (χ4n) is 4.74. The quantitative estimate of drug-likeness (QED) is 0.359. The third kappa shape index (κ3) is 4.11. The number of fused-ring (bicyclic) bond motifs is 2. The SMILES string of the molecule is CS(=O)c1c[nH]c2ncnc(N3CCC[C@H]3c3nn4ccc(Cl)c4c(=O)n3-c3ccccc3)c12.S.S. The molecule has 188 valence electrons. The van der Waals surface area contributed by atoms with Gasteiger partial charge in [-0.2, -0.15) is 32.1 Å². The predicted molar refractivity (Wildman–Crippen MR) is 152 cm³/mol. The van der Waals surface area contributed by atoms with E-state index in [1.54, 1.807) is 33.8 Å². The highest BCUT2D eigenvalue weighted by atomic mass is 35.5. The number of para-hydroxylation sites is 1. The molecular weight excluding hydrogens is 538 g/mol. The van der Waals surface area contributed by atoms with Gasteiger partial charge in [-0.05, 0) is 31.0 Å². The molecule has 1 aliphatic heterocycles. The topological polar surface area (TPSA) is 101 Å². The number of H-pyrrole nitrogens is 1. The lowest BCUT2D eigenvalue weighted by atomic mass is 10.2. The van der Waals surface area contributed by atoms with Crippen molar-refractivity contribution in [2.24, 2.45) is 0 Å². The zero-order valence-electron chi connectivity index (χ0n) is 19.2. The van der Waals surface area contributed by atoms with Crippen LogP contribution in [0.2, 0.25) is 5.02 Å². The average Bonchev–Trinajstić information content (AvgIpc) is 3.57. The van der Waals surface area contributed by atoms with Gasteiger partial charge in [0.2, 0.25) is 0 Å². The maximum atomic E-state index is 13.7. The highest BCUT2D eigenvalue weighted by molar-refractivity contribution is 7.84. The van der Waals surface area contributed by atoms with Gasteiger partial charge in [-0.3, -0.25) is 13.6 Å². The third-order valence-electron chi connectivity index (χ3n) is 6.22. The second-order valence-electron chi connectivity index (χ2n) is 8.17. The number of benzene rings is 1. The van der Waals surface area contributed by atoms with Crippen LogP contribution >= 0.6 is 38.6 Å². The van der Waals surface area contributed by atoms with Crippen LogP contribution in [-0.2, 0) is 10.8 Å². The Labute approximate surface area is 227 Å². The van der Waals surface area contributed by atoms with Crippen LogP contribution in [-0.4, -0.2) is 46.1 Å². The number of aromatic amines is 1. The van der Waals surface area contributed by atoms with Crippen LogP contribution in [0.25, 0.3) is 22.2 Å². The van der Waals surface area contributed by atoms with Crippen LogP contribution in [0.1, 0.15) is 24.7 Å². The number of nitrogens with one attached hydrogen (secondary N) is 1. The summed E-state index contributed by atoms with van der Waals surface area (Å²) in [7, 11) is -1.22. The number of anilines is 1. The largest absolute Gasteiger partial charge is 0.346 e. The van der Waals surface area contributed by atoms with E-state index in [1.165, 1.54) is 6.33 Å². The van der Waals surface area contributed by atoms with Gasteiger partial charge in [0.15, 0.2) is 5.82 Å². The molecule has 0 bridgehead atoms. The first-order valence-electron chi connectivity index (χ1n) is 10.8. The Morgan fingerprint density at radius 2 is 1.92 bits per heavy atom. The van der Waals surface area contributed by atoms with Crippen LogP contribution in [0.5, 0.6) is 0 Å². The molecule has 0 aliphatic carbocycles. The monoisotopic (exact) mass is 561 g/mol. The number of nitrogens with zero attached hydrogens (tertiary/aromatic N) is 6. The summed E-state index contributed by atoms with van der Waals surface area (Å²) < 4.78 is 15.6.